The van der Waals surface area contributed by atoms with E-state index in [-0.39, 0.29) is 4.88 Å². The summed E-state index contributed by atoms with van der Waals surface area (Å²) in [7, 11) is 0. The number of thiazole rings is 2. The second kappa shape index (κ2) is 5.94. The molecule has 7 heteroatoms. The molecule has 3 rings (SSSR count). The lowest BCUT2D eigenvalue weighted by Gasteiger charge is -1.91. The summed E-state index contributed by atoms with van der Waals surface area (Å²) in [6, 6.07) is 5.69. The molecule has 0 aliphatic rings. The zero-order valence-corrected chi connectivity index (χ0v) is 12.3. The summed E-state index contributed by atoms with van der Waals surface area (Å²) in [5.41, 5.74) is 1.64. The Morgan fingerprint density at radius 3 is 2.86 bits per heavy atom. The molecule has 21 heavy (non-hydrogen) atoms. The predicted molar refractivity (Wildman–Crippen MR) is 83.3 cm³/mol. The molecule has 0 aromatic carbocycles. The third-order valence-corrected chi connectivity index (χ3v) is 4.37. The average Bonchev–Trinajstić information content (AvgIpc) is 3.15. The third kappa shape index (κ3) is 3.21. The molecule has 0 amide bonds. The highest BCUT2D eigenvalue weighted by molar-refractivity contribution is 7.14. The number of hydrogen-bond donors (Lipinski definition) is 1. The van der Waals surface area contributed by atoms with Gasteiger partial charge in [-0.25, -0.2) is 14.8 Å². The Hall–Kier alpha value is -2.38. The SMILES string of the molecule is O=C(O)c1cnc(C=Cc2csc(-c3ccccn3)n2)s1. The molecule has 0 unspecified atom stereocenters. The maximum Gasteiger partial charge on any atom is 0.347 e. The molecule has 0 saturated carbocycles. The van der Waals surface area contributed by atoms with Crippen molar-refractivity contribution in [3.05, 3.63) is 51.6 Å². The summed E-state index contributed by atoms with van der Waals surface area (Å²) in [6.07, 6.45) is 6.66. The quantitative estimate of drug-likeness (QED) is 0.797. The molecule has 0 aliphatic heterocycles. The van der Waals surface area contributed by atoms with Crippen molar-refractivity contribution in [3.8, 4) is 10.7 Å². The summed E-state index contributed by atoms with van der Waals surface area (Å²) in [5.74, 6) is -0.960. The van der Waals surface area contributed by atoms with Crippen LogP contribution >= 0.6 is 22.7 Å². The van der Waals surface area contributed by atoms with E-state index in [0.717, 1.165) is 27.7 Å². The second-order valence-corrected chi connectivity index (χ2v) is 5.91. The van der Waals surface area contributed by atoms with Gasteiger partial charge in [0.15, 0.2) is 0 Å². The lowest BCUT2D eigenvalue weighted by Crippen LogP contribution is -1.89. The van der Waals surface area contributed by atoms with Crippen molar-refractivity contribution in [1.82, 2.24) is 15.0 Å². The maximum absolute atomic E-state index is 10.8. The number of aromatic carboxylic acids is 1. The van der Waals surface area contributed by atoms with E-state index in [2.05, 4.69) is 15.0 Å². The first-order valence-corrected chi connectivity index (χ1v) is 7.66. The topological polar surface area (TPSA) is 76.0 Å². The number of carbonyl (C=O) groups is 1. The maximum atomic E-state index is 10.8. The van der Waals surface area contributed by atoms with Crippen LogP contribution in [0, 0.1) is 0 Å². The fourth-order valence-corrected chi connectivity index (χ4v) is 3.01. The molecule has 3 aromatic rings. The van der Waals surface area contributed by atoms with Crippen LogP contribution < -0.4 is 0 Å². The fraction of sp³-hybridized carbons (Fsp3) is 0. The highest BCUT2D eigenvalue weighted by Gasteiger charge is 2.07. The molecular weight excluding hydrogens is 306 g/mol. The van der Waals surface area contributed by atoms with Crippen molar-refractivity contribution in [2.75, 3.05) is 0 Å². The van der Waals surface area contributed by atoms with Gasteiger partial charge in [0.2, 0.25) is 0 Å². The second-order valence-electron chi connectivity index (χ2n) is 3.99. The number of hydrogen-bond acceptors (Lipinski definition) is 6. The molecule has 5 nitrogen and oxygen atoms in total. The van der Waals surface area contributed by atoms with Crippen LogP contribution in [-0.4, -0.2) is 26.0 Å². The van der Waals surface area contributed by atoms with Crippen LogP contribution in [0.4, 0.5) is 0 Å². The van der Waals surface area contributed by atoms with Gasteiger partial charge in [-0.05, 0) is 24.3 Å². The van der Waals surface area contributed by atoms with Gasteiger partial charge in [0, 0.05) is 11.6 Å². The Morgan fingerprint density at radius 1 is 1.24 bits per heavy atom. The van der Waals surface area contributed by atoms with Crippen LogP contribution in [0.5, 0.6) is 0 Å². The van der Waals surface area contributed by atoms with E-state index < -0.39 is 5.97 Å². The number of aromatic nitrogens is 3. The Labute approximate surface area is 128 Å². The molecule has 0 saturated heterocycles. The summed E-state index contributed by atoms with van der Waals surface area (Å²) in [4.78, 5) is 23.8. The number of pyridine rings is 1. The van der Waals surface area contributed by atoms with E-state index in [4.69, 9.17) is 5.11 Å². The first-order valence-electron chi connectivity index (χ1n) is 5.96. The van der Waals surface area contributed by atoms with Gasteiger partial charge in [-0.3, -0.25) is 4.98 Å². The number of nitrogens with zero attached hydrogens (tertiary/aromatic N) is 3. The molecular formula is C14H9N3O2S2. The van der Waals surface area contributed by atoms with Crippen molar-refractivity contribution >= 4 is 40.8 Å². The molecule has 0 radical (unpaired) electrons. The minimum absolute atomic E-state index is 0.224. The van der Waals surface area contributed by atoms with Crippen LogP contribution in [0.15, 0.2) is 36.0 Å². The van der Waals surface area contributed by atoms with E-state index in [9.17, 15) is 4.79 Å². The van der Waals surface area contributed by atoms with Crippen molar-refractivity contribution in [2.24, 2.45) is 0 Å². The highest BCUT2D eigenvalue weighted by atomic mass is 32.1. The van der Waals surface area contributed by atoms with Crippen LogP contribution in [0.25, 0.3) is 22.9 Å². The van der Waals surface area contributed by atoms with Crippen molar-refractivity contribution in [1.29, 1.82) is 0 Å². The van der Waals surface area contributed by atoms with E-state index in [1.54, 1.807) is 12.3 Å². The minimum atomic E-state index is -0.960. The largest absolute Gasteiger partial charge is 0.477 e. The van der Waals surface area contributed by atoms with Gasteiger partial charge in [-0.1, -0.05) is 6.07 Å². The third-order valence-electron chi connectivity index (χ3n) is 2.54. The van der Waals surface area contributed by atoms with Gasteiger partial charge in [-0.15, -0.1) is 22.7 Å². The van der Waals surface area contributed by atoms with Crippen molar-refractivity contribution < 1.29 is 9.90 Å². The van der Waals surface area contributed by atoms with Gasteiger partial charge in [-0.2, -0.15) is 0 Å². The molecule has 3 heterocycles. The van der Waals surface area contributed by atoms with E-state index in [1.165, 1.54) is 17.5 Å². The normalized spacial score (nSPS) is 11.0. The van der Waals surface area contributed by atoms with Gasteiger partial charge in [0.25, 0.3) is 0 Å². The zero-order chi connectivity index (χ0) is 14.7. The van der Waals surface area contributed by atoms with Gasteiger partial charge in [0.05, 0.1) is 17.6 Å². The monoisotopic (exact) mass is 315 g/mol. The summed E-state index contributed by atoms with van der Waals surface area (Å²) in [5, 5.41) is 12.3. The Kier molecular flexibility index (Phi) is 3.85. The number of carboxylic acid groups (broad SMARTS) is 1. The predicted octanol–water partition coefficient (Wildman–Crippen LogP) is 3.53. The van der Waals surface area contributed by atoms with Gasteiger partial charge in [0.1, 0.15) is 14.9 Å². The molecule has 0 spiro atoms. The molecule has 0 bridgehead atoms. The molecule has 0 atom stereocenters. The standard InChI is InChI=1S/C14H9N3O2S2/c18-14(19)11-7-16-12(21-11)5-4-9-8-20-13(17-9)10-3-1-2-6-15-10/h1-8H,(H,18,19). The van der Waals surface area contributed by atoms with Crippen LogP contribution in [0.2, 0.25) is 0 Å². The van der Waals surface area contributed by atoms with E-state index in [1.807, 2.05) is 29.7 Å². The Morgan fingerprint density at radius 2 is 2.14 bits per heavy atom. The summed E-state index contributed by atoms with van der Waals surface area (Å²) < 4.78 is 0. The Balaban J connectivity index is 1.77. The molecule has 0 aliphatic carbocycles. The minimum Gasteiger partial charge on any atom is -0.477 e. The number of carboxylic acids is 1. The fourth-order valence-electron chi connectivity index (χ4n) is 1.59. The van der Waals surface area contributed by atoms with E-state index in [0.29, 0.717) is 5.01 Å². The molecule has 104 valence electrons. The average molecular weight is 315 g/mol. The van der Waals surface area contributed by atoms with Crippen LogP contribution in [0.3, 0.4) is 0 Å². The summed E-state index contributed by atoms with van der Waals surface area (Å²) >= 11 is 2.64. The first-order chi connectivity index (χ1) is 10.2. The van der Waals surface area contributed by atoms with Crippen LogP contribution in [-0.2, 0) is 0 Å². The first kappa shape index (κ1) is 13.6. The number of rotatable bonds is 4. The smallest absolute Gasteiger partial charge is 0.347 e. The Bertz CT molecular complexity index is 793. The molecule has 0 fully saturated rings. The van der Waals surface area contributed by atoms with Crippen LogP contribution in [0.1, 0.15) is 20.4 Å². The van der Waals surface area contributed by atoms with Crippen molar-refractivity contribution in [2.45, 2.75) is 0 Å². The highest BCUT2D eigenvalue weighted by Crippen LogP contribution is 2.23. The summed E-state index contributed by atoms with van der Waals surface area (Å²) in [6.45, 7) is 0. The molecule has 1 N–H and O–H groups in total. The van der Waals surface area contributed by atoms with Crippen molar-refractivity contribution in [3.63, 3.8) is 0 Å². The lowest BCUT2D eigenvalue weighted by molar-refractivity contribution is 0.0702. The van der Waals surface area contributed by atoms with Gasteiger partial charge >= 0.3 is 5.97 Å². The molecule has 3 aromatic heterocycles. The lowest BCUT2D eigenvalue weighted by atomic mass is 10.3. The van der Waals surface area contributed by atoms with E-state index >= 15 is 0 Å². The zero-order valence-electron chi connectivity index (χ0n) is 10.6. The van der Waals surface area contributed by atoms with Gasteiger partial charge < -0.3 is 5.11 Å².